The lowest BCUT2D eigenvalue weighted by atomic mass is 10.3. The normalized spacial score (nSPS) is 9.87. The van der Waals surface area contributed by atoms with E-state index in [1.807, 2.05) is 12.1 Å². The fraction of sp³-hybridized carbons (Fsp3) is 0.400. The van der Waals surface area contributed by atoms with Gasteiger partial charge >= 0.3 is 0 Å². The quantitative estimate of drug-likeness (QED) is 0.771. The van der Waals surface area contributed by atoms with E-state index in [4.69, 9.17) is 14.2 Å². The second kappa shape index (κ2) is 6.23. The van der Waals surface area contributed by atoms with E-state index in [0.717, 1.165) is 15.6 Å². The van der Waals surface area contributed by atoms with E-state index in [1.54, 1.807) is 14.2 Å². The summed E-state index contributed by atoms with van der Waals surface area (Å²) in [5.41, 5.74) is 0. The summed E-state index contributed by atoms with van der Waals surface area (Å²) in [5.74, 6) is 2.11. The Morgan fingerprint density at radius 2 is 1.67 bits per heavy atom. The van der Waals surface area contributed by atoms with Crippen molar-refractivity contribution in [1.82, 2.24) is 0 Å². The van der Waals surface area contributed by atoms with E-state index in [2.05, 4.69) is 31.9 Å². The molecule has 84 valence electrons. The Morgan fingerprint density at radius 1 is 1.13 bits per heavy atom. The van der Waals surface area contributed by atoms with Gasteiger partial charge in [0.1, 0.15) is 21.7 Å². The van der Waals surface area contributed by atoms with Gasteiger partial charge in [0.15, 0.2) is 0 Å². The first-order valence-electron chi connectivity index (χ1n) is 4.33. The molecule has 0 N–H and O–H groups in total. The lowest BCUT2D eigenvalue weighted by Gasteiger charge is -2.11. The molecular formula is C10H12Br2O3. The van der Waals surface area contributed by atoms with Gasteiger partial charge in [-0.25, -0.2) is 0 Å². The van der Waals surface area contributed by atoms with Crippen LogP contribution in [0.2, 0.25) is 0 Å². The highest BCUT2D eigenvalue weighted by Gasteiger charge is 2.10. The molecule has 5 heteroatoms. The highest BCUT2D eigenvalue weighted by molar-refractivity contribution is 9.10. The van der Waals surface area contributed by atoms with Crippen LogP contribution in [0.4, 0.5) is 0 Å². The summed E-state index contributed by atoms with van der Waals surface area (Å²) in [6.07, 6.45) is 0. The van der Waals surface area contributed by atoms with Gasteiger partial charge in [-0.2, -0.15) is 0 Å². The number of hydrogen-bond acceptors (Lipinski definition) is 3. The second-order valence-electron chi connectivity index (χ2n) is 2.68. The molecule has 0 bridgehead atoms. The summed E-state index contributed by atoms with van der Waals surface area (Å²) in [6.45, 7) is 0.605. The summed E-state index contributed by atoms with van der Waals surface area (Å²) in [6, 6.07) is 3.63. The molecule has 0 spiro atoms. The Bertz CT molecular complexity index is 303. The maximum Gasteiger partial charge on any atom is 0.140 e. The van der Waals surface area contributed by atoms with Gasteiger partial charge in [-0.15, -0.1) is 0 Å². The van der Waals surface area contributed by atoms with Crippen LogP contribution in [0.15, 0.2) is 16.6 Å². The fourth-order valence-electron chi connectivity index (χ4n) is 1.09. The summed E-state index contributed by atoms with van der Waals surface area (Å²) < 4.78 is 16.6. The third-order valence-electron chi connectivity index (χ3n) is 1.77. The summed E-state index contributed by atoms with van der Waals surface area (Å²) in [4.78, 5) is 0. The number of benzene rings is 1. The molecule has 0 amide bonds. The minimum atomic E-state index is 0.605. The minimum Gasteiger partial charge on any atom is -0.495 e. The molecule has 0 fully saturated rings. The molecule has 1 rings (SSSR count). The van der Waals surface area contributed by atoms with E-state index in [-0.39, 0.29) is 0 Å². The molecule has 1 aromatic rings. The number of halogens is 2. The van der Waals surface area contributed by atoms with Crippen LogP contribution in [0, 0.1) is 0 Å². The Kier molecular flexibility index (Phi) is 5.25. The van der Waals surface area contributed by atoms with Crippen molar-refractivity contribution in [2.45, 2.75) is 0 Å². The van der Waals surface area contributed by atoms with Crippen molar-refractivity contribution >= 4 is 31.9 Å². The van der Waals surface area contributed by atoms with E-state index in [9.17, 15) is 0 Å². The number of rotatable bonds is 5. The molecular weight excluding hydrogens is 328 g/mol. The number of ether oxygens (including phenoxy) is 3. The average molecular weight is 340 g/mol. The van der Waals surface area contributed by atoms with Crippen molar-refractivity contribution in [3.05, 3.63) is 16.6 Å². The summed E-state index contributed by atoms with van der Waals surface area (Å²) >= 11 is 6.68. The standard InChI is InChI=1S/C10H12Br2O3/c1-13-8-5-7(15-4-3-11)6-9(14-2)10(8)12/h5-6H,3-4H2,1-2H3. The smallest absolute Gasteiger partial charge is 0.140 e. The van der Waals surface area contributed by atoms with Crippen LogP contribution in [-0.4, -0.2) is 26.2 Å². The SMILES string of the molecule is COc1cc(OCCBr)cc(OC)c1Br. The molecule has 0 saturated carbocycles. The zero-order valence-corrected chi connectivity index (χ0v) is 11.7. The lowest BCUT2D eigenvalue weighted by Crippen LogP contribution is -1.99. The molecule has 0 unspecified atom stereocenters. The van der Waals surface area contributed by atoms with Crippen LogP contribution in [0.25, 0.3) is 0 Å². The molecule has 3 nitrogen and oxygen atoms in total. The van der Waals surface area contributed by atoms with E-state index in [1.165, 1.54) is 0 Å². The molecule has 0 aromatic heterocycles. The summed E-state index contributed by atoms with van der Waals surface area (Å²) in [7, 11) is 3.21. The molecule has 0 aliphatic rings. The highest BCUT2D eigenvalue weighted by Crippen LogP contribution is 2.38. The van der Waals surface area contributed by atoms with E-state index in [0.29, 0.717) is 18.1 Å². The molecule has 0 aliphatic heterocycles. The van der Waals surface area contributed by atoms with Crippen LogP contribution >= 0.6 is 31.9 Å². The summed E-state index contributed by atoms with van der Waals surface area (Å²) in [5, 5.41) is 0.785. The molecule has 0 atom stereocenters. The first kappa shape index (κ1) is 12.6. The molecule has 0 radical (unpaired) electrons. The Morgan fingerprint density at radius 3 is 2.07 bits per heavy atom. The molecule has 0 heterocycles. The largest absolute Gasteiger partial charge is 0.495 e. The number of alkyl halides is 1. The van der Waals surface area contributed by atoms with Crippen molar-refractivity contribution in [2.24, 2.45) is 0 Å². The van der Waals surface area contributed by atoms with Gasteiger partial charge in [-0.3, -0.25) is 0 Å². The van der Waals surface area contributed by atoms with Crippen molar-refractivity contribution in [3.8, 4) is 17.2 Å². The Labute approximate surface area is 106 Å². The predicted molar refractivity (Wildman–Crippen MR) is 66.5 cm³/mol. The average Bonchev–Trinajstić information content (AvgIpc) is 2.27. The van der Waals surface area contributed by atoms with Gasteiger partial charge < -0.3 is 14.2 Å². The first-order chi connectivity index (χ1) is 7.22. The molecule has 0 aliphatic carbocycles. The van der Waals surface area contributed by atoms with Crippen LogP contribution < -0.4 is 14.2 Å². The highest BCUT2D eigenvalue weighted by atomic mass is 79.9. The number of hydrogen-bond donors (Lipinski definition) is 0. The fourth-order valence-corrected chi connectivity index (χ4v) is 1.80. The minimum absolute atomic E-state index is 0.605. The second-order valence-corrected chi connectivity index (χ2v) is 4.27. The zero-order chi connectivity index (χ0) is 11.3. The van der Waals surface area contributed by atoms with Crippen molar-refractivity contribution in [2.75, 3.05) is 26.2 Å². The molecule has 1 aromatic carbocycles. The Hall–Kier alpha value is -0.420. The maximum absolute atomic E-state index is 5.47. The third kappa shape index (κ3) is 3.28. The topological polar surface area (TPSA) is 27.7 Å². The molecule has 15 heavy (non-hydrogen) atoms. The van der Waals surface area contributed by atoms with Gasteiger partial charge in [-0.05, 0) is 15.9 Å². The maximum atomic E-state index is 5.47. The van der Waals surface area contributed by atoms with Crippen LogP contribution in [0.3, 0.4) is 0 Å². The van der Waals surface area contributed by atoms with E-state index >= 15 is 0 Å². The molecule has 0 saturated heterocycles. The van der Waals surface area contributed by atoms with Crippen molar-refractivity contribution < 1.29 is 14.2 Å². The van der Waals surface area contributed by atoms with Crippen molar-refractivity contribution in [3.63, 3.8) is 0 Å². The Balaban J connectivity index is 2.98. The van der Waals surface area contributed by atoms with Gasteiger partial charge in [0.25, 0.3) is 0 Å². The van der Waals surface area contributed by atoms with Crippen LogP contribution in [0.1, 0.15) is 0 Å². The first-order valence-corrected chi connectivity index (χ1v) is 6.24. The van der Waals surface area contributed by atoms with Crippen LogP contribution in [-0.2, 0) is 0 Å². The van der Waals surface area contributed by atoms with Gasteiger partial charge in [0.2, 0.25) is 0 Å². The number of methoxy groups -OCH3 is 2. The van der Waals surface area contributed by atoms with Crippen LogP contribution in [0.5, 0.6) is 17.2 Å². The van der Waals surface area contributed by atoms with E-state index < -0.39 is 0 Å². The monoisotopic (exact) mass is 338 g/mol. The van der Waals surface area contributed by atoms with Gasteiger partial charge in [0, 0.05) is 17.5 Å². The van der Waals surface area contributed by atoms with Gasteiger partial charge in [0.05, 0.1) is 20.8 Å². The lowest BCUT2D eigenvalue weighted by molar-refractivity contribution is 0.333. The van der Waals surface area contributed by atoms with Gasteiger partial charge in [-0.1, -0.05) is 15.9 Å². The van der Waals surface area contributed by atoms with Crippen molar-refractivity contribution in [1.29, 1.82) is 0 Å². The predicted octanol–water partition coefficient (Wildman–Crippen LogP) is 3.24. The third-order valence-corrected chi connectivity index (χ3v) is 2.87. The zero-order valence-electron chi connectivity index (χ0n) is 8.55.